The summed E-state index contributed by atoms with van der Waals surface area (Å²) in [5.74, 6) is -0.226. The number of nitrogens with zero attached hydrogens (tertiary/aromatic N) is 2. The molecule has 0 saturated heterocycles. The van der Waals surface area contributed by atoms with Crippen molar-refractivity contribution in [3.8, 4) is 21.5 Å². The maximum atomic E-state index is 13.0. The van der Waals surface area contributed by atoms with Crippen LogP contribution in [0.15, 0.2) is 67.0 Å². The molecule has 0 amide bonds. The zero-order valence-electron chi connectivity index (χ0n) is 28.4. The fraction of sp³-hybridized carbons (Fsp3) is 0.421. The first-order valence-electron chi connectivity index (χ1n) is 17.1. The Hall–Kier alpha value is -4.64. The van der Waals surface area contributed by atoms with Crippen molar-refractivity contribution < 1.29 is 27.9 Å². The van der Waals surface area contributed by atoms with Gasteiger partial charge in [0, 0.05) is 0 Å². The van der Waals surface area contributed by atoms with Crippen molar-refractivity contribution in [1.29, 1.82) is 0 Å². The van der Waals surface area contributed by atoms with Gasteiger partial charge in [-0.2, -0.15) is 0 Å². The highest BCUT2D eigenvalue weighted by Gasteiger charge is 2.19. The Morgan fingerprint density at radius 3 is 1.49 bits per heavy atom. The van der Waals surface area contributed by atoms with Crippen molar-refractivity contribution in [3.63, 3.8) is 0 Å². The fourth-order valence-electron chi connectivity index (χ4n) is 5.53. The van der Waals surface area contributed by atoms with Gasteiger partial charge in [-0.3, -0.25) is 0 Å². The minimum atomic E-state index is -0.644. The van der Waals surface area contributed by atoms with Crippen LogP contribution in [0, 0.1) is 11.8 Å². The number of fused-ring (bicyclic) bond motifs is 2. The molecule has 0 fully saturated rings. The van der Waals surface area contributed by atoms with E-state index in [9.17, 15) is 19.2 Å². The Bertz CT molecular complexity index is 1900. The molecule has 10 nitrogen and oxygen atoms in total. The summed E-state index contributed by atoms with van der Waals surface area (Å²) in [6.07, 6.45) is 8.18. The van der Waals surface area contributed by atoms with Gasteiger partial charge >= 0.3 is 23.2 Å². The molecule has 3 aromatic heterocycles. The van der Waals surface area contributed by atoms with Crippen LogP contribution < -0.4 is 11.3 Å². The number of unbranched alkanes of at least 4 members (excludes halogenated alkanes) is 2. The Morgan fingerprint density at radius 1 is 0.673 bits per heavy atom. The number of aromatic nitrogens is 2. The minimum absolute atomic E-state index is 0.0806. The average Bonchev–Trinajstić information content (AvgIpc) is 3.62. The molecule has 0 N–H and O–H groups in total. The van der Waals surface area contributed by atoms with E-state index in [-0.39, 0.29) is 33.7 Å². The monoisotopic (exact) mass is 686 g/mol. The van der Waals surface area contributed by atoms with Crippen LogP contribution in [-0.4, -0.2) is 35.1 Å². The molecule has 258 valence electrons. The number of benzene rings is 2. The largest absolute Gasteiger partial charge is 0.462 e. The van der Waals surface area contributed by atoms with Crippen molar-refractivity contribution in [1.82, 2.24) is 9.97 Å². The zero-order chi connectivity index (χ0) is 34.9. The molecule has 0 radical (unpaired) electrons. The molecule has 2 atom stereocenters. The predicted octanol–water partition coefficient (Wildman–Crippen LogP) is 8.83. The highest BCUT2D eigenvalue weighted by molar-refractivity contribution is 7.18. The Labute approximate surface area is 288 Å². The van der Waals surface area contributed by atoms with Crippen molar-refractivity contribution >= 4 is 45.1 Å². The molecule has 5 rings (SSSR count). The molecule has 49 heavy (non-hydrogen) atoms. The van der Waals surface area contributed by atoms with Gasteiger partial charge in [-0.1, -0.05) is 66.2 Å². The van der Waals surface area contributed by atoms with Crippen LogP contribution in [-0.2, 0) is 9.47 Å². The van der Waals surface area contributed by atoms with Gasteiger partial charge in [0.15, 0.2) is 0 Å². The number of carbonyl (C=O) groups is 2. The summed E-state index contributed by atoms with van der Waals surface area (Å²) in [5, 5.41) is 0.334. The molecule has 0 aliphatic carbocycles. The van der Waals surface area contributed by atoms with E-state index >= 15 is 0 Å². The summed E-state index contributed by atoms with van der Waals surface area (Å²) in [6, 6.07) is 12.6. The normalized spacial score (nSPS) is 12.7. The third-order valence-corrected chi connectivity index (χ3v) is 9.80. The number of hydrogen-bond donors (Lipinski definition) is 0. The topological polar surface area (TPSA) is 139 Å². The average molecular weight is 687 g/mol. The summed E-state index contributed by atoms with van der Waals surface area (Å²) in [7, 11) is 0. The summed E-state index contributed by atoms with van der Waals surface area (Å²) < 4.78 is 22.2. The molecular formula is C38H42N2O8S. The Kier molecular flexibility index (Phi) is 12.1. The molecule has 2 aromatic carbocycles. The number of hydrogen-bond acceptors (Lipinski definition) is 11. The number of esters is 2. The number of thiophene rings is 1. The summed E-state index contributed by atoms with van der Waals surface area (Å²) >= 11 is 1.18. The maximum Gasteiger partial charge on any atom is 0.347 e. The van der Waals surface area contributed by atoms with E-state index in [1.54, 1.807) is 36.4 Å². The van der Waals surface area contributed by atoms with Crippen molar-refractivity contribution in [2.75, 3.05) is 13.2 Å². The van der Waals surface area contributed by atoms with E-state index in [0.717, 1.165) is 51.4 Å². The van der Waals surface area contributed by atoms with Crippen LogP contribution in [0.25, 0.3) is 43.3 Å². The Balaban J connectivity index is 1.31. The van der Waals surface area contributed by atoms with Gasteiger partial charge in [0.05, 0.1) is 55.9 Å². The first-order valence-corrected chi connectivity index (χ1v) is 17.9. The van der Waals surface area contributed by atoms with Gasteiger partial charge in [-0.05, 0) is 73.2 Å². The van der Waals surface area contributed by atoms with E-state index in [0.29, 0.717) is 45.8 Å². The van der Waals surface area contributed by atoms with Crippen LogP contribution in [0.3, 0.4) is 0 Å². The molecule has 5 aromatic rings. The van der Waals surface area contributed by atoms with E-state index in [2.05, 4.69) is 37.7 Å². The first-order chi connectivity index (χ1) is 23.7. The molecule has 0 aliphatic rings. The number of rotatable bonds is 16. The van der Waals surface area contributed by atoms with Crippen LogP contribution in [0.5, 0.6) is 0 Å². The summed E-state index contributed by atoms with van der Waals surface area (Å²) in [5.41, 5.74) is -0.0465. The first kappa shape index (κ1) is 35.7. The number of carbonyl (C=O) groups excluding carboxylic acids is 2. The standard InChI is InChI=1S/C38H42N2O8S/c1-5-9-11-23(7-3)21-45-35(41)25-13-15-29-27(19-25)37(43)47-33(39-29)31-17-18-32(49-31)34-40-30-16-14-26(20-28(30)38(44)48-34)36(42)46-22-24(8-4)12-10-6-2/h13-20,23-24H,5-12,21-22H2,1-4H3. The van der Waals surface area contributed by atoms with Gasteiger partial charge < -0.3 is 18.3 Å². The van der Waals surface area contributed by atoms with Crippen LogP contribution in [0.2, 0.25) is 0 Å². The smallest absolute Gasteiger partial charge is 0.347 e. The third kappa shape index (κ3) is 8.70. The summed E-state index contributed by atoms with van der Waals surface area (Å²) in [6.45, 7) is 9.09. The predicted molar refractivity (Wildman–Crippen MR) is 190 cm³/mol. The molecule has 11 heteroatoms. The lowest BCUT2D eigenvalue weighted by atomic mass is 10.0. The molecule has 3 heterocycles. The van der Waals surface area contributed by atoms with Crippen molar-refractivity contribution in [3.05, 3.63) is 80.5 Å². The maximum absolute atomic E-state index is 13.0. The van der Waals surface area contributed by atoms with Gasteiger partial charge in [0.1, 0.15) is 0 Å². The highest BCUT2D eigenvalue weighted by Crippen LogP contribution is 2.33. The molecule has 0 saturated carbocycles. The van der Waals surface area contributed by atoms with Gasteiger partial charge in [-0.25, -0.2) is 29.1 Å². The third-order valence-electron chi connectivity index (χ3n) is 8.74. The second-order valence-corrected chi connectivity index (χ2v) is 13.4. The molecule has 0 aliphatic heterocycles. The lowest BCUT2D eigenvalue weighted by molar-refractivity contribution is 0.0420. The molecule has 0 spiro atoms. The SMILES string of the molecule is CCCCC(CC)COC(=O)c1ccc2nc(-c3ccc(-c4nc5ccc(C(=O)OCC(CC)CCCC)cc5c(=O)o4)s3)oc(=O)c2c1. The van der Waals surface area contributed by atoms with E-state index in [1.165, 1.54) is 23.5 Å². The van der Waals surface area contributed by atoms with Crippen molar-refractivity contribution in [2.24, 2.45) is 11.8 Å². The zero-order valence-corrected chi connectivity index (χ0v) is 29.2. The summed E-state index contributed by atoms with van der Waals surface area (Å²) in [4.78, 5) is 61.5. The Morgan fingerprint density at radius 2 is 1.10 bits per heavy atom. The van der Waals surface area contributed by atoms with E-state index in [1.807, 2.05) is 0 Å². The molecular weight excluding hydrogens is 644 g/mol. The molecule has 0 bridgehead atoms. The lowest BCUT2D eigenvalue weighted by Crippen LogP contribution is -2.14. The van der Waals surface area contributed by atoms with Gasteiger partial charge in [0.2, 0.25) is 11.8 Å². The highest BCUT2D eigenvalue weighted by atomic mass is 32.1. The lowest BCUT2D eigenvalue weighted by Gasteiger charge is -2.14. The van der Waals surface area contributed by atoms with Gasteiger partial charge in [-0.15, -0.1) is 11.3 Å². The van der Waals surface area contributed by atoms with Crippen LogP contribution in [0.1, 0.15) is 99.8 Å². The van der Waals surface area contributed by atoms with E-state index < -0.39 is 23.2 Å². The van der Waals surface area contributed by atoms with E-state index in [4.69, 9.17) is 18.3 Å². The second kappa shape index (κ2) is 16.6. The second-order valence-electron chi connectivity index (χ2n) is 12.3. The van der Waals surface area contributed by atoms with Crippen LogP contribution >= 0.6 is 11.3 Å². The number of ether oxygens (including phenoxy) is 2. The van der Waals surface area contributed by atoms with Crippen molar-refractivity contribution in [2.45, 2.75) is 79.1 Å². The minimum Gasteiger partial charge on any atom is -0.462 e. The quantitative estimate of drug-likeness (QED) is 0.0925. The van der Waals surface area contributed by atoms with Crippen LogP contribution in [0.4, 0.5) is 0 Å². The fourth-order valence-corrected chi connectivity index (χ4v) is 6.38. The molecule has 2 unspecified atom stereocenters. The van der Waals surface area contributed by atoms with Gasteiger partial charge in [0.25, 0.3) is 0 Å².